The molecule has 2 aromatic carbocycles. The number of pyridine rings is 1. The lowest BCUT2D eigenvalue weighted by atomic mass is 9.93. The van der Waals surface area contributed by atoms with Gasteiger partial charge in [-0.15, -0.1) is 0 Å². The highest BCUT2D eigenvalue weighted by molar-refractivity contribution is 5.70. The van der Waals surface area contributed by atoms with Gasteiger partial charge < -0.3 is 10.1 Å². The van der Waals surface area contributed by atoms with E-state index in [4.69, 9.17) is 9.72 Å². The molecule has 0 aliphatic carbocycles. The zero-order valence-corrected chi connectivity index (χ0v) is 18.3. The molecule has 3 rings (SSSR count). The van der Waals surface area contributed by atoms with Crippen molar-refractivity contribution < 1.29 is 4.74 Å². The Morgan fingerprint density at radius 2 is 1.62 bits per heavy atom. The number of aryl methyl sites for hydroxylation is 3. The molecule has 1 unspecified atom stereocenters. The van der Waals surface area contributed by atoms with E-state index in [2.05, 4.69) is 81.5 Å². The van der Waals surface area contributed by atoms with Crippen molar-refractivity contribution in [1.82, 2.24) is 10.3 Å². The van der Waals surface area contributed by atoms with Crippen molar-refractivity contribution in [3.8, 4) is 17.0 Å². The molecule has 0 saturated carbocycles. The van der Waals surface area contributed by atoms with Crippen molar-refractivity contribution in [3.63, 3.8) is 0 Å². The number of ether oxygens (including phenoxy) is 1. The van der Waals surface area contributed by atoms with Crippen LogP contribution in [0.1, 0.15) is 54.8 Å². The van der Waals surface area contributed by atoms with E-state index in [1.165, 1.54) is 22.3 Å². The molecule has 1 N–H and O–H groups in total. The maximum absolute atomic E-state index is 5.83. The molecule has 0 saturated heterocycles. The summed E-state index contributed by atoms with van der Waals surface area (Å²) in [5, 5.41) is 3.62. The summed E-state index contributed by atoms with van der Waals surface area (Å²) >= 11 is 0. The van der Waals surface area contributed by atoms with Gasteiger partial charge in [0.2, 0.25) is 0 Å². The minimum atomic E-state index is 0.138. The van der Waals surface area contributed by atoms with Crippen LogP contribution in [0.25, 0.3) is 11.3 Å². The lowest BCUT2D eigenvalue weighted by molar-refractivity contribution is 0.400. The Morgan fingerprint density at radius 1 is 0.966 bits per heavy atom. The average molecular weight is 389 g/mol. The molecule has 0 radical (unpaired) electrons. The third kappa shape index (κ3) is 4.68. The van der Waals surface area contributed by atoms with Crippen molar-refractivity contribution >= 4 is 0 Å². The molecule has 0 amide bonds. The molecule has 29 heavy (non-hydrogen) atoms. The smallest absolute Gasteiger partial charge is 0.127 e. The molecule has 1 heterocycles. The number of methoxy groups -OCH3 is 1. The topological polar surface area (TPSA) is 34.1 Å². The molecule has 1 atom stereocenters. The molecule has 0 bridgehead atoms. The standard InChI is InChI=1S/C26H32N2O/c1-6-21-14-11-15-22(7-2)26(21)23-16-24(29-5)25(19(4)28-23)18(3)27-17-20-12-9-8-10-13-20/h8-16,18,27H,6-7,17H2,1-5H3. The van der Waals surface area contributed by atoms with Gasteiger partial charge in [0, 0.05) is 35.5 Å². The first-order valence-electron chi connectivity index (χ1n) is 10.5. The molecule has 0 aliphatic heterocycles. The fraction of sp³-hybridized carbons (Fsp3) is 0.346. The van der Waals surface area contributed by atoms with Crippen molar-refractivity contribution in [1.29, 1.82) is 0 Å². The second-order valence-electron chi connectivity index (χ2n) is 7.46. The molecule has 0 fully saturated rings. The van der Waals surface area contributed by atoms with Gasteiger partial charge in [-0.25, -0.2) is 0 Å². The summed E-state index contributed by atoms with van der Waals surface area (Å²) in [6, 6.07) is 19.3. The Kier molecular flexibility index (Phi) is 7.05. The van der Waals surface area contributed by atoms with Crippen LogP contribution in [0, 0.1) is 6.92 Å². The second-order valence-corrected chi connectivity index (χ2v) is 7.46. The molecule has 3 heteroatoms. The van der Waals surface area contributed by atoms with Gasteiger partial charge in [0.15, 0.2) is 0 Å². The quantitative estimate of drug-likeness (QED) is 0.511. The van der Waals surface area contributed by atoms with Gasteiger partial charge in [0.05, 0.1) is 12.8 Å². The summed E-state index contributed by atoms with van der Waals surface area (Å²) in [5.41, 5.74) is 8.34. The lowest BCUT2D eigenvalue weighted by Crippen LogP contribution is -2.20. The summed E-state index contributed by atoms with van der Waals surface area (Å²) in [4.78, 5) is 5.03. The summed E-state index contributed by atoms with van der Waals surface area (Å²) in [7, 11) is 1.75. The van der Waals surface area contributed by atoms with E-state index in [0.29, 0.717) is 0 Å². The zero-order chi connectivity index (χ0) is 20.8. The van der Waals surface area contributed by atoms with Gasteiger partial charge in [-0.2, -0.15) is 0 Å². The Hall–Kier alpha value is -2.65. The Bertz CT molecular complexity index is 928. The molecule has 0 spiro atoms. The minimum Gasteiger partial charge on any atom is -0.496 e. The molecule has 3 aromatic rings. The first-order valence-corrected chi connectivity index (χ1v) is 10.5. The van der Waals surface area contributed by atoms with Crippen molar-refractivity contribution in [2.75, 3.05) is 7.11 Å². The number of aromatic nitrogens is 1. The highest BCUT2D eigenvalue weighted by Gasteiger charge is 2.19. The number of nitrogens with one attached hydrogen (secondary N) is 1. The fourth-order valence-corrected chi connectivity index (χ4v) is 4.02. The van der Waals surface area contributed by atoms with E-state index in [1.54, 1.807) is 7.11 Å². The van der Waals surface area contributed by atoms with Gasteiger partial charge in [0.1, 0.15) is 5.75 Å². The van der Waals surface area contributed by atoms with Crippen molar-refractivity contribution in [2.45, 2.75) is 53.1 Å². The first kappa shape index (κ1) is 21.1. The Morgan fingerprint density at radius 3 is 2.21 bits per heavy atom. The lowest BCUT2D eigenvalue weighted by Gasteiger charge is -2.21. The minimum absolute atomic E-state index is 0.138. The highest BCUT2D eigenvalue weighted by Crippen LogP contribution is 2.35. The van der Waals surface area contributed by atoms with Crippen LogP contribution in [0.3, 0.4) is 0 Å². The van der Waals surface area contributed by atoms with Gasteiger partial charge in [-0.1, -0.05) is 62.4 Å². The highest BCUT2D eigenvalue weighted by atomic mass is 16.5. The number of nitrogens with zero attached hydrogens (tertiary/aromatic N) is 1. The first-order chi connectivity index (χ1) is 14.1. The molecule has 1 aromatic heterocycles. The monoisotopic (exact) mass is 388 g/mol. The number of hydrogen-bond donors (Lipinski definition) is 1. The third-order valence-corrected chi connectivity index (χ3v) is 5.57. The van der Waals surface area contributed by atoms with Crippen molar-refractivity contribution in [3.05, 3.63) is 82.5 Å². The molecular weight excluding hydrogens is 356 g/mol. The van der Waals surface area contributed by atoms with E-state index >= 15 is 0 Å². The number of benzene rings is 2. The average Bonchev–Trinajstić information content (AvgIpc) is 2.76. The van der Waals surface area contributed by atoms with E-state index < -0.39 is 0 Å². The van der Waals surface area contributed by atoms with E-state index in [1.807, 2.05) is 6.07 Å². The molecule has 0 aliphatic rings. The van der Waals surface area contributed by atoms with Crippen LogP contribution in [0.4, 0.5) is 0 Å². The predicted octanol–water partition coefficient (Wildman–Crippen LogP) is 6.04. The Balaban J connectivity index is 1.96. The van der Waals surface area contributed by atoms with Crippen LogP contribution in [-0.4, -0.2) is 12.1 Å². The van der Waals surface area contributed by atoms with E-state index in [9.17, 15) is 0 Å². The van der Waals surface area contributed by atoms with Crippen LogP contribution in [0.15, 0.2) is 54.6 Å². The number of hydrogen-bond acceptors (Lipinski definition) is 3. The van der Waals surface area contributed by atoms with E-state index in [0.717, 1.165) is 42.1 Å². The second kappa shape index (κ2) is 9.71. The van der Waals surface area contributed by atoms with E-state index in [-0.39, 0.29) is 6.04 Å². The van der Waals surface area contributed by atoms with Crippen molar-refractivity contribution in [2.24, 2.45) is 0 Å². The fourth-order valence-electron chi connectivity index (χ4n) is 4.02. The molecular formula is C26H32N2O. The third-order valence-electron chi connectivity index (χ3n) is 5.57. The maximum atomic E-state index is 5.83. The molecule has 152 valence electrons. The largest absolute Gasteiger partial charge is 0.496 e. The zero-order valence-electron chi connectivity index (χ0n) is 18.3. The predicted molar refractivity (Wildman–Crippen MR) is 121 cm³/mol. The summed E-state index contributed by atoms with van der Waals surface area (Å²) in [5.74, 6) is 0.897. The van der Waals surface area contributed by atoms with Crippen LogP contribution in [0.2, 0.25) is 0 Å². The van der Waals surface area contributed by atoms with Gasteiger partial charge >= 0.3 is 0 Å². The molecule has 3 nitrogen and oxygen atoms in total. The van der Waals surface area contributed by atoms with Crippen LogP contribution in [0.5, 0.6) is 5.75 Å². The van der Waals surface area contributed by atoms with Gasteiger partial charge in [0.25, 0.3) is 0 Å². The van der Waals surface area contributed by atoms with Crippen LogP contribution < -0.4 is 10.1 Å². The van der Waals surface area contributed by atoms with Gasteiger partial charge in [-0.3, -0.25) is 4.98 Å². The number of rotatable bonds is 8. The van der Waals surface area contributed by atoms with Gasteiger partial charge in [-0.05, 0) is 43.4 Å². The maximum Gasteiger partial charge on any atom is 0.127 e. The summed E-state index contributed by atoms with van der Waals surface area (Å²) in [6.07, 6.45) is 1.98. The van der Waals surface area contributed by atoms with Crippen LogP contribution in [-0.2, 0) is 19.4 Å². The summed E-state index contributed by atoms with van der Waals surface area (Å²) < 4.78 is 5.83. The summed E-state index contributed by atoms with van der Waals surface area (Å²) in [6.45, 7) is 9.47. The Labute approximate surface area is 175 Å². The van der Waals surface area contributed by atoms with Crippen LogP contribution >= 0.6 is 0 Å². The SMILES string of the molecule is CCc1cccc(CC)c1-c1cc(OC)c(C(C)NCc2ccccc2)c(C)n1. The normalized spacial score (nSPS) is 12.0.